The Morgan fingerprint density at radius 2 is 1.79 bits per heavy atom. The highest BCUT2D eigenvalue weighted by Crippen LogP contribution is 2.37. The highest BCUT2D eigenvalue weighted by molar-refractivity contribution is 5.51. The molecule has 2 aliphatic heterocycles. The number of aromatic nitrogens is 2. The van der Waals surface area contributed by atoms with Crippen molar-refractivity contribution in [2.24, 2.45) is 5.92 Å². The van der Waals surface area contributed by atoms with Crippen LogP contribution in [0.5, 0.6) is 0 Å². The van der Waals surface area contributed by atoms with Crippen LogP contribution >= 0.6 is 0 Å². The average Bonchev–Trinajstić information content (AvgIpc) is 3.39. The van der Waals surface area contributed by atoms with Gasteiger partial charge in [-0.25, -0.2) is 9.97 Å². The van der Waals surface area contributed by atoms with Crippen LogP contribution in [0.3, 0.4) is 0 Å². The third-order valence-electron chi connectivity index (χ3n) is 5.56. The normalized spacial score (nSPS) is 30.5. The number of aliphatic hydroxyl groups is 1. The van der Waals surface area contributed by atoms with E-state index in [1.54, 1.807) is 6.33 Å². The smallest absolute Gasteiger partial charge is 0.134 e. The van der Waals surface area contributed by atoms with Crippen LogP contribution < -0.4 is 9.80 Å². The molecule has 0 amide bonds. The molecule has 4 rings (SSSR count). The average molecular weight is 332 g/mol. The zero-order chi connectivity index (χ0) is 16.7. The summed E-state index contributed by atoms with van der Waals surface area (Å²) in [6, 6.07) is 2.10. The van der Waals surface area contributed by atoms with Gasteiger partial charge in [-0.15, -0.1) is 0 Å². The maximum Gasteiger partial charge on any atom is 0.134 e. The van der Waals surface area contributed by atoms with E-state index in [0.29, 0.717) is 6.10 Å². The van der Waals surface area contributed by atoms with Crippen LogP contribution in [-0.4, -0.2) is 59.1 Å². The lowest BCUT2D eigenvalue weighted by Gasteiger charge is -2.39. The second kappa shape index (κ2) is 6.15. The van der Waals surface area contributed by atoms with E-state index in [1.165, 1.54) is 12.8 Å². The highest BCUT2D eigenvalue weighted by Gasteiger charge is 2.37. The van der Waals surface area contributed by atoms with Gasteiger partial charge in [0.2, 0.25) is 0 Å². The molecule has 1 aliphatic carbocycles. The first-order chi connectivity index (χ1) is 11.5. The summed E-state index contributed by atoms with van der Waals surface area (Å²) in [5, 5.41) is 10.1. The number of rotatable bonds is 3. The zero-order valence-corrected chi connectivity index (χ0v) is 14.7. The van der Waals surface area contributed by atoms with E-state index in [4.69, 9.17) is 4.74 Å². The third kappa shape index (κ3) is 3.49. The van der Waals surface area contributed by atoms with E-state index in [-0.39, 0.29) is 6.10 Å². The lowest BCUT2D eigenvalue weighted by atomic mass is 9.94. The molecule has 1 saturated carbocycles. The van der Waals surface area contributed by atoms with Gasteiger partial charge in [-0.1, -0.05) is 0 Å². The number of hydrogen-bond acceptors (Lipinski definition) is 6. The Morgan fingerprint density at radius 3 is 2.46 bits per heavy atom. The zero-order valence-electron chi connectivity index (χ0n) is 14.7. The molecule has 2 atom stereocenters. The van der Waals surface area contributed by atoms with Gasteiger partial charge in [0.15, 0.2) is 0 Å². The van der Waals surface area contributed by atoms with Gasteiger partial charge < -0.3 is 19.6 Å². The quantitative estimate of drug-likeness (QED) is 0.911. The maximum atomic E-state index is 10.1. The lowest BCUT2D eigenvalue weighted by Crippen LogP contribution is -2.48. The highest BCUT2D eigenvalue weighted by atomic mass is 16.5. The molecule has 6 nitrogen and oxygen atoms in total. The fraction of sp³-hybridized carbons (Fsp3) is 0.778. The second-order valence-electron chi connectivity index (χ2n) is 7.95. The number of ether oxygens (including phenoxy) is 1. The Balaban J connectivity index is 1.48. The molecule has 6 heteroatoms. The summed E-state index contributed by atoms with van der Waals surface area (Å²) in [5.74, 6) is 2.71. The van der Waals surface area contributed by atoms with Crippen molar-refractivity contribution in [1.82, 2.24) is 9.97 Å². The van der Waals surface area contributed by atoms with Crippen molar-refractivity contribution in [3.05, 3.63) is 12.4 Å². The predicted molar refractivity (Wildman–Crippen MR) is 93.4 cm³/mol. The molecule has 132 valence electrons. The van der Waals surface area contributed by atoms with E-state index >= 15 is 0 Å². The molecule has 3 heterocycles. The lowest BCUT2D eigenvalue weighted by molar-refractivity contribution is -0.0273. The number of morpholine rings is 1. The molecule has 0 aromatic carbocycles. The first kappa shape index (κ1) is 16.1. The van der Waals surface area contributed by atoms with Gasteiger partial charge in [0.05, 0.1) is 17.8 Å². The van der Waals surface area contributed by atoms with Crippen LogP contribution in [0.15, 0.2) is 12.4 Å². The van der Waals surface area contributed by atoms with Gasteiger partial charge in [-0.3, -0.25) is 0 Å². The second-order valence-corrected chi connectivity index (χ2v) is 7.95. The van der Waals surface area contributed by atoms with Crippen molar-refractivity contribution < 1.29 is 9.84 Å². The number of hydrogen-bond donors (Lipinski definition) is 1. The van der Waals surface area contributed by atoms with Gasteiger partial charge in [0, 0.05) is 32.2 Å². The van der Waals surface area contributed by atoms with Crippen LogP contribution in [-0.2, 0) is 4.74 Å². The molecule has 0 spiro atoms. The molecule has 0 radical (unpaired) electrons. The first-order valence-electron chi connectivity index (χ1n) is 9.20. The Morgan fingerprint density at radius 1 is 1.12 bits per heavy atom. The Hall–Kier alpha value is -1.40. The monoisotopic (exact) mass is 332 g/mol. The number of anilines is 2. The summed E-state index contributed by atoms with van der Waals surface area (Å²) >= 11 is 0. The minimum absolute atomic E-state index is 0.243. The molecule has 24 heavy (non-hydrogen) atoms. The molecular weight excluding hydrogens is 304 g/mol. The van der Waals surface area contributed by atoms with Crippen LogP contribution in [0.2, 0.25) is 0 Å². The van der Waals surface area contributed by atoms with Crippen molar-refractivity contribution in [2.75, 3.05) is 36.0 Å². The molecule has 3 fully saturated rings. The van der Waals surface area contributed by atoms with Crippen LogP contribution in [0, 0.1) is 5.92 Å². The molecular formula is C18H28N4O2. The van der Waals surface area contributed by atoms with Crippen LogP contribution in [0.25, 0.3) is 0 Å². The van der Waals surface area contributed by atoms with Gasteiger partial charge >= 0.3 is 0 Å². The van der Waals surface area contributed by atoms with Crippen molar-refractivity contribution in [3.63, 3.8) is 0 Å². The molecule has 0 unspecified atom stereocenters. The standard InChI is InChI=1S/C18H28N4O2/c1-13-10-22(11-15(24-13)14-3-4-14)17-9-16(19-12-20-17)21-7-5-18(2,23)6-8-21/h9,12-15,23H,3-8,10-11H2,1-2H3/t13-,15+/m1/s1. The first-order valence-corrected chi connectivity index (χ1v) is 9.20. The number of piperidine rings is 1. The minimum Gasteiger partial charge on any atom is -0.390 e. The Bertz CT molecular complexity index is 580. The van der Waals surface area contributed by atoms with Crippen molar-refractivity contribution in [3.8, 4) is 0 Å². The fourth-order valence-electron chi connectivity index (χ4n) is 3.80. The van der Waals surface area contributed by atoms with Gasteiger partial charge in [0.1, 0.15) is 18.0 Å². The van der Waals surface area contributed by atoms with E-state index in [9.17, 15) is 5.11 Å². The fourth-order valence-corrected chi connectivity index (χ4v) is 3.80. The predicted octanol–water partition coefficient (Wildman–Crippen LogP) is 1.83. The third-order valence-corrected chi connectivity index (χ3v) is 5.56. The Labute approximate surface area is 143 Å². The van der Waals surface area contributed by atoms with Gasteiger partial charge in [-0.05, 0) is 45.4 Å². The SMILES string of the molecule is C[C@@H]1CN(c2cc(N3CCC(C)(O)CC3)ncn2)C[C@@H](C2CC2)O1. The van der Waals surface area contributed by atoms with E-state index in [2.05, 4.69) is 32.8 Å². The van der Waals surface area contributed by atoms with Crippen molar-refractivity contribution in [2.45, 2.75) is 57.3 Å². The molecule has 1 aromatic rings. The maximum absolute atomic E-state index is 10.1. The molecule has 2 saturated heterocycles. The topological polar surface area (TPSA) is 61.7 Å². The van der Waals surface area contributed by atoms with Crippen molar-refractivity contribution in [1.29, 1.82) is 0 Å². The van der Waals surface area contributed by atoms with Crippen LogP contribution in [0.4, 0.5) is 11.6 Å². The molecule has 3 aliphatic rings. The number of nitrogens with zero attached hydrogens (tertiary/aromatic N) is 4. The van der Waals surface area contributed by atoms with E-state index < -0.39 is 5.60 Å². The minimum atomic E-state index is -0.538. The van der Waals surface area contributed by atoms with E-state index in [1.807, 2.05) is 6.92 Å². The molecule has 0 bridgehead atoms. The summed E-state index contributed by atoms with van der Waals surface area (Å²) in [7, 11) is 0. The summed E-state index contributed by atoms with van der Waals surface area (Å²) in [5.41, 5.74) is -0.538. The summed E-state index contributed by atoms with van der Waals surface area (Å²) < 4.78 is 6.11. The molecule has 1 N–H and O–H groups in total. The Kier molecular flexibility index (Phi) is 4.12. The summed E-state index contributed by atoms with van der Waals surface area (Å²) in [4.78, 5) is 13.6. The van der Waals surface area contributed by atoms with Gasteiger partial charge in [-0.2, -0.15) is 0 Å². The van der Waals surface area contributed by atoms with Crippen molar-refractivity contribution >= 4 is 11.6 Å². The summed E-state index contributed by atoms with van der Waals surface area (Å²) in [6.07, 6.45) is 6.42. The molecule has 1 aromatic heterocycles. The largest absolute Gasteiger partial charge is 0.390 e. The van der Waals surface area contributed by atoms with Crippen LogP contribution in [0.1, 0.15) is 39.5 Å². The summed E-state index contributed by atoms with van der Waals surface area (Å²) in [6.45, 7) is 7.56. The van der Waals surface area contributed by atoms with E-state index in [0.717, 1.165) is 56.6 Å². The van der Waals surface area contributed by atoms with Gasteiger partial charge in [0.25, 0.3) is 0 Å².